The minimum Gasteiger partial charge on any atom is -0.331 e. The molecule has 2 saturated heterocycles. The highest BCUT2D eigenvalue weighted by Gasteiger charge is 2.42. The van der Waals surface area contributed by atoms with Crippen molar-refractivity contribution in [3.8, 4) is 0 Å². The summed E-state index contributed by atoms with van der Waals surface area (Å²) in [5, 5.41) is 9.97. The molecule has 5 heteroatoms. The van der Waals surface area contributed by atoms with E-state index in [0.29, 0.717) is 17.8 Å². The van der Waals surface area contributed by atoms with Crippen molar-refractivity contribution >= 4 is 5.91 Å². The van der Waals surface area contributed by atoms with E-state index in [2.05, 4.69) is 15.4 Å². The molecule has 0 unspecified atom stereocenters. The molecule has 0 spiro atoms. The van der Waals surface area contributed by atoms with Crippen molar-refractivity contribution in [2.75, 3.05) is 0 Å². The zero-order chi connectivity index (χ0) is 9.54. The number of aromatic amines is 1. The van der Waals surface area contributed by atoms with Crippen LogP contribution in [0.1, 0.15) is 36.2 Å². The van der Waals surface area contributed by atoms with Crippen LogP contribution in [0.25, 0.3) is 0 Å². The number of nitrogens with zero attached hydrogens (tertiary/aromatic N) is 3. The van der Waals surface area contributed by atoms with Crippen LogP contribution in [0.2, 0.25) is 0 Å². The number of amides is 1. The highest BCUT2D eigenvalue weighted by Crippen LogP contribution is 2.37. The fourth-order valence-corrected chi connectivity index (χ4v) is 2.68. The molecule has 0 radical (unpaired) electrons. The van der Waals surface area contributed by atoms with Gasteiger partial charge in [-0.2, -0.15) is 15.4 Å². The number of aromatic nitrogens is 3. The maximum Gasteiger partial charge on any atom is 0.276 e. The van der Waals surface area contributed by atoms with Gasteiger partial charge in [0.15, 0.2) is 5.69 Å². The van der Waals surface area contributed by atoms with E-state index in [1.165, 1.54) is 6.20 Å². The van der Waals surface area contributed by atoms with Crippen LogP contribution in [0.3, 0.4) is 0 Å². The molecular formula is C9H12N4O. The van der Waals surface area contributed by atoms with Crippen LogP contribution in [0.5, 0.6) is 0 Å². The van der Waals surface area contributed by atoms with Gasteiger partial charge in [-0.3, -0.25) is 4.79 Å². The fourth-order valence-electron chi connectivity index (χ4n) is 2.68. The van der Waals surface area contributed by atoms with Crippen LogP contribution in [0, 0.1) is 0 Å². The van der Waals surface area contributed by atoms with Crippen LogP contribution in [-0.2, 0) is 0 Å². The number of hydrogen-bond donors (Lipinski definition) is 1. The molecule has 1 N–H and O–H groups in total. The van der Waals surface area contributed by atoms with Crippen molar-refractivity contribution in [3.05, 3.63) is 11.9 Å². The molecule has 2 aliphatic heterocycles. The molecular weight excluding hydrogens is 180 g/mol. The molecule has 1 aromatic heterocycles. The van der Waals surface area contributed by atoms with Gasteiger partial charge in [0.1, 0.15) is 0 Å². The van der Waals surface area contributed by atoms with Gasteiger partial charge in [0.05, 0.1) is 6.20 Å². The van der Waals surface area contributed by atoms with Gasteiger partial charge < -0.3 is 4.90 Å². The number of H-pyrrole nitrogens is 1. The Labute approximate surface area is 81.5 Å². The van der Waals surface area contributed by atoms with Gasteiger partial charge in [-0.05, 0) is 25.7 Å². The first-order valence-electron chi connectivity index (χ1n) is 5.04. The second-order valence-corrected chi connectivity index (χ2v) is 4.03. The predicted molar refractivity (Wildman–Crippen MR) is 48.6 cm³/mol. The van der Waals surface area contributed by atoms with Crippen LogP contribution in [0.4, 0.5) is 0 Å². The molecule has 5 nitrogen and oxygen atoms in total. The van der Waals surface area contributed by atoms with E-state index in [0.717, 1.165) is 25.7 Å². The Morgan fingerprint density at radius 2 is 2.00 bits per heavy atom. The first-order valence-corrected chi connectivity index (χ1v) is 5.04. The van der Waals surface area contributed by atoms with E-state index in [-0.39, 0.29) is 5.91 Å². The number of hydrogen-bond acceptors (Lipinski definition) is 3. The van der Waals surface area contributed by atoms with E-state index in [1.54, 1.807) is 0 Å². The Morgan fingerprint density at radius 1 is 1.36 bits per heavy atom. The lowest BCUT2D eigenvalue weighted by atomic mass is 10.0. The highest BCUT2D eigenvalue weighted by molar-refractivity contribution is 5.92. The van der Waals surface area contributed by atoms with Crippen molar-refractivity contribution in [2.24, 2.45) is 0 Å². The fraction of sp³-hybridized carbons (Fsp3) is 0.667. The van der Waals surface area contributed by atoms with E-state index >= 15 is 0 Å². The predicted octanol–water partition coefficient (Wildman–Crippen LogP) is 0.572. The third kappa shape index (κ3) is 0.981. The van der Waals surface area contributed by atoms with Crippen LogP contribution in [-0.4, -0.2) is 38.3 Å². The average Bonchev–Trinajstić information content (AvgIpc) is 2.94. The van der Waals surface area contributed by atoms with Gasteiger partial charge in [0, 0.05) is 12.1 Å². The lowest BCUT2D eigenvalue weighted by Crippen LogP contribution is -2.35. The van der Waals surface area contributed by atoms with Crippen molar-refractivity contribution in [1.82, 2.24) is 20.3 Å². The van der Waals surface area contributed by atoms with Crippen molar-refractivity contribution in [1.29, 1.82) is 0 Å². The average molecular weight is 192 g/mol. The molecule has 0 atom stereocenters. The van der Waals surface area contributed by atoms with Gasteiger partial charge in [-0.15, -0.1) is 0 Å². The van der Waals surface area contributed by atoms with Crippen LogP contribution < -0.4 is 0 Å². The molecule has 14 heavy (non-hydrogen) atoms. The van der Waals surface area contributed by atoms with Crippen molar-refractivity contribution < 1.29 is 4.79 Å². The second kappa shape index (κ2) is 2.80. The minimum atomic E-state index is 0.0451. The van der Waals surface area contributed by atoms with Gasteiger partial charge in [-0.1, -0.05) is 0 Å². The summed E-state index contributed by atoms with van der Waals surface area (Å²) in [6.07, 6.45) is 6.14. The maximum absolute atomic E-state index is 12.0. The summed E-state index contributed by atoms with van der Waals surface area (Å²) in [6.45, 7) is 0. The molecule has 0 saturated carbocycles. The summed E-state index contributed by atoms with van der Waals surface area (Å²) in [5.74, 6) is 0.0451. The Kier molecular flexibility index (Phi) is 1.59. The second-order valence-electron chi connectivity index (χ2n) is 4.03. The molecule has 1 amide bonds. The number of carbonyl (C=O) groups excluding carboxylic acids is 1. The molecule has 0 aliphatic carbocycles. The van der Waals surface area contributed by atoms with Gasteiger partial charge in [-0.25, -0.2) is 0 Å². The van der Waals surface area contributed by atoms with Gasteiger partial charge in [0.2, 0.25) is 0 Å². The summed E-state index contributed by atoms with van der Waals surface area (Å²) in [4.78, 5) is 14.0. The first-order chi connectivity index (χ1) is 6.86. The number of rotatable bonds is 1. The zero-order valence-electron chi connectivity index (χ0n) is 7.81. The molecule has 0 aromatic carbocycles. The Balaban J connectivity index is 1.87. The van der Waals surface area contributed by atoms with Gasteiger partial charge in [0.25, 0.3) is 5.91 Å². The standard InChI is InChI=1S/C9H12N4O/c14-9(8-5-10-12-11-8)13-6-1-2-7(13)4-3-6/h5-7H,1-4H2,(H,10,11,12). The van der Waals surface area contributed by atoms with E-state index < -0.39 is 0 Å². The Morgan fingerprint density at radius 3 is 2.50 bits per heavy atom. The van der Waals surface area contributed by atoms with Crippen LogP contribution in [0.15, 0.2) is 6.20 Å². The third-order valence-corrected chi connectivity index (χ3v) is 3.32. The summed E-state index contributed by atoms with van der Waals surface area (Å²) < 4.78 is 0. The summed E-state index contributed by atoms with van der Waals surface area (Å²) >= 11 is 0. The number of carbonyl (C=O) groups is 1. The number of fused-ring (bicyclic) bond motifs is 2. The van der Waals surface area contributed by atoms with Crippen LogP contribution >= 0.6 is 0 Å². The summed E-state index contributed by atoms with van der Waals surface area (Å²) in [6, 6.07) is 0.924. The number of nitrogens with one attached hydrogen (secondary N) is 1. The summed E-state index contributed by atoms with van der Waals surface area (Å²) in [5.41, 5.74) is 0.448. The lowest BCUT2D eigenvalue weighted by molar-refractivity contribution is 0.0724. The smallest absolute Gasteiger partial charge is 0.276 e. The highest BCUT2D eigenvalue weighted by atomic mass is 16.2. The molecule has 2 aliphatic rings. The zero-order valence-corrected chi connectivity index (χ0v) is 7.81. The minimum absolute atomic E-state index is 0.0451. The third-order valence-electron chi connectivity index (χ3n) is 3.32. The maximum atomic E-state index is 12.0. The molecule has 2 bridgehead atoms. The summed E-state index contributed by atoms with van der Waals surface area (Å²) in [7, 11) is 0. The monoisotopic (exact) mass is 192 g/mol. The van der Waals surface area contributed by atoms with E-state index in [4.69, 9.17) is 0 Å². The normalized spacial score (nSPS) is 29.9. The lowest BCUT2D eigenvalue weighted by Gasteiger charge is -2.20. The molecule has 1 aromatic rings. The molecule has 74 valence electrons. The topological polar surface area (TPSA) is 61.9 Å². The first kappa shape index (κ1) is 7.96. The Hall–Kier alpha value is -1.39. The van der Waals surface area contributed by atoms with Crippen molar-refractivity contribution in [2.45, 2.75) is 37.8 Å². The van der Waals surface area contributed by atoms with Crippen molar-refractivity contribution in [3.63, 3.8) is 0 Å². The molecule has 3 heterocycles. The molecule has 3 rings (SSSR count). The Bertz CT molecular complexity index is 328. The SMILES string of the molecule is O=C(c1cn[nH]n1)N1C2CCC1CC2. The van der Waals surface area contributed by atoms with Gasteiger partial charge >= 0.3 is 0 Å². The van der Waals surface area contributed by atoms with E-state index in [9.17, 15) is 4.79 Å². The van der Waals surface area contributed by atoms with E-state index in [1.807, 2.05) is 4.90 Å². The quantitative estimate of drug-likeness (QED) is 0.707. The largest absolute Gasteiger partial charge is 0.331 e. The molecule has 2 fully saturated rings.